The molecule has 0 amide bonds. The zero-order chi connectivity index (χ0) is 19.6. The number of nitrogen functional groups attached to an aromatic ring is 1. The first-order chi connectivity index (χ1) is 12.8. The van der Waals surface area contributed by atoms with Gasteiger partial charge in [0, 0.05) is 11.9 Å². The number of halogens is 5. The highest BCUT2D eigenvalue weighted by Crippen LogP contribution is 2.37. The van der Waals surface area contributed by atoms with Crippen molar-refractivity contribution in [2.45, 2.75) is 6.18 Å². The van der Waals surface area contributed by atoms with Crippen molar-refractivity contribution >= 4 is 51.9 Å². The second-order valence-corrected chi connectivity index (χ2v) is 6.03. The molecule has 1 aromatic carbocycles. The Balaban J connectivity index is 1.90. The summed E-state index contributed by atoms with van der Waals surface area (Å²) >= 11 is 11.6. The van der Waals surface area contributed by atoms with Crippen LogP contribution < -0.4 is 16.4 Å². The van der Waals surface area contributed by atoms with E-state index in [9.17, 15) is 13.2 Å². The molecule has 0 fully saturated rings. The lowest BCUT2D eigenvalue weighted by molar-refractivity contribution is -0.137. The number of pyridine rings is 1. The number of aromatic nitrogens is 3. The first-order valence-electron chi connectivity index (χ1n) is 7.37. The van der Waals surface area contributed by atoms with Gasteiger partial charge in [-0.05, 0) is 30.3 Å². The molecular weight excluding hydrogens is 404 g/mol. The maximum absolute atomic E-state index is 13.0. The van der Waals surface area contributed by atoms with E-state index < -0.39 is 16.8 Å². The van der Waals surface area contributed by atoms with Crippen LogP contribution in [0, 0.1) is 0 Å². The number of benzene rings is 1. The highest BCUT2D eigenvalue weighted by molar-refractivity contribution is 6.32. The van der Waals surface area contributed by atoms with Crippen molar-refractivity contribution in [2.75, 3.05) is 16.4 Å². The molecule has 27 heavy (non-hydrogen) atoms. The largest absolute Gasteiger partial charge is 0.417 e. The molecule has 0 spiro atoms. The summed E-state index contributed by atoms with van der Waals surface area (Å²) < 4.78 is 39.0. The zero-order valence-corrected chi connectivity index (χ0v) is 14.9. The number of nitrogens with one attached hydrogen (secondary N) is 2. The van der Waals surface area contributed by atoms with E-state index in [-0.39, 0.29) is 28.2 Å². The average molecular weight is 415 g/mol. The van der Waals surface area contributed by atoms with Crippen molar-refractivity contribution < 1.29 is 13.2 Å². The van der Waals surface area contributed by atoms with Gasteiger partial charge in [-0.2, -0.15) is 13.2 Å². The fourth-order valence-electron chi connectivity index (χ4n) is 2.16. The van der Waals surface area contributed by atoms with Gasteiger partial charge in [-0.1, -0.05) is 23.2 Å². The van der Waals surface area contributed by atoms with Crippen molar-refractivity contribution in [3.63, 3.8) is 0 Å². The predicted molar refractivity (Wildman–Crippen MR) is 98.7 cm³/mol. The second kappa shape index (κ2) is 7.45. The Morgan fingerprint density at radius 2 is 1.67 bits per heavy atom. The van der Waals surface area contributed by atoms with Gasteiger partial charge >= 0.3 is 6.18 Å². The Labute approximate surface area is 161 Å². The van der Waals surface area contributed by atoms with E-state index in [4.69, 9.17) is 28.9 Å². The van der Waals surface area contributed by atoms with Crippen LogP contribution in [0.25, 0.3) is 0 Å². The van der Waals surface area contributed by atoms with Gasteiger partial charge < -0.3 is 16.4 Å². The highest BCUT2D eigenvalue weighted by atomic mass is 35.5. The molecule has 4 N–H and O–H groups in total. The molecule has 11 heteroatoms. The van der Waals surface area contributed by atoms with Gasteiger partial charge in [0.2, 0.25) is 0 Å². The van der Waals surface area contributed by atoms with Crippen LogP contribution in [0.4, 0.5) is 41.9 Å². The summed E-state index contributed by atoms with van der Waals surface area (Å²) in [7, 11) is 0. The summed E-state index contributed by atoms with van der Waals surface area (Å²) in [6.07, 6.45) is -1.87. The number of nitrogens with zero attached hydrogens (tertiary/aromatic N) is 3. The van der Waals surface area contributed by atoms with Crippen LogP contribution in [0.2, 0.25) is 10.2 Å². The summed E-state index contributed by atoms with van der Waals surface area (Å²) in [4.78, 5) is 11.9. The van der Waals surface area contributed by atoms with Crippen molar-refractivity contribution in [1.29, 1.82) is 0 Å². The summed E-state index contributed by atoms with van der Waals surface area (Å²) in [5.74, 6) is 0.329. The number of hydrogen-bond acceptors (Lipinski definition) is 6. The minimum absolute atomic E-state index is 0.0842. The fourth-order valence-corrected chi connectivity index (χ4v) is 2.55. The molecule has 140 valence electrons. The highest BCUT2D eigenvalue weighted by Gasteiger charge is 2.33. The van der Waals surface area contributed by atoms with Crippen LogP contribution in [0.3, 0.4) is 0 Å². The molecule has 3 rings (SSSR count). The molecule has 0 aliphatic rings. The third-order valence-electron chi connectivity index (χ3n) is 3.43. The molecule has 0 aliphatic carbocycles. The van der Waals surface area contributed by atoms with E-state index in [1.165, 1.54) is 18.6 Å². The summed E-state index contributed by atoms with van der Waals surface area (Å²) in [5.41, 5.74) is 5.71. The molecule has 6 nitrogen and oxygen atoms in total. The molecule has 0 saturated heterocycles. The smallest absolute Gasteiger partial charge is 0.393 e. The van der Waals surface area contributed by atoms with E-state index in [1.54, 1.807) is 12.1 Å². The molecule has 0 radical (unpaired) electrons. The van der Waals surface area contributed by atoms with Crippen LogP contribution in [0.15, 0.2) is 42.9 Å². The standard InChI is InChI=1S/C16H11Cl2F3N6/c17-10-4-3-8(6-9(10)16(19,20)21)26-14-12(22)15(25-7-24-14)27-11-2-1-5-23-13(11)18/h1-7H,22H2,(H2,24,25,26,27). The molecule has 0 aliphatic heterocycles. The van der Waals surface area contributed by atoms with E-state index in [1.807, 2.05) is 0 Å². The second-order valence-electron chi connectivity index (χ2n) is 5.27. The maximum Gasteiger partial charge on any atom is 0.417 e. The Bertz CT molecular complexity index is 981. The number of rotatable bonds is 4. The third-order valence-corrected chi connectivity index (χ3v) is 4.06. The zero-order valence-electron chi connectivity index (χ0n) is 13.4. The molecule has 0 unspecified atom stereocenters. The quantitative estimate of drug-likeness (QED) is 0.504. The minimum Gasteiger partial charge on any atom is -0.393 e. The van der Waals surface area contributed by atoms with E-state index in [0.29, 0.717) is 5.69 Å². The van der Waals surface area contributed by atoms with Crippen LogP contribution in [0.5, 0.6) is 0 Å². The molecule has 0 bridgehead atoms. The van der Waals surface area contributed by atoms with Gasteiger partial charge in [-0.25, -0.2) is 15.0 Å². The van der Waals surface area contributed by atoms with Crippen molar-refractivity contribution in [1.82, 2.24) is 15.0 Å². The molecule has 3 aromatic rings. The molecule has 2 heterocycles. The lowest BCUT2D eigenvalue weighted by atomic mass is 10.2. The normalized spacial score (nSPS) is 11.3. The summed E-state index contributed by atoms with van der Waals surface area (Å²) in [6.45, 7) is 0. The molecule has 0 atom stereocenters. The predicted octanol–water partition coefficient (Wildman–Crippen LogP) is 5.27. The monoisotopic (exact) mass is 414 g/mol. The van der Waals surface area contributed by atoms with Crippen LogP contribution in [-0.4, -0.2) is 15.0 Å². The van der Waals surface area contributed by atoms with Crippen LogP contribution >= 0.6 is 23.2 Å². The van der Waals surface area contributed by atoms with Gasteiger partial charge in [0.25, 0.3) is 0 Å². The number of anilines is 5. The number of nitrogens with two attached hydrogens (primary N) is 1. The Morgan fingerprint density at radius 3 is 2.33 bits per heavy atom. The van der Waals surface area contributed by atoms with E-state index in [2.05, 4.69) is 25.6 Å². The Morgan fingerprint density at radius 1 is 0.963 bits per heavy atom. The lowest BCUT2D eigenvalue weighted by Gasteiger charge is -2.14. The van der Waals surface area contributed by atoms with Crippen LogP contribution in [-0.2, 0) is 6.18 Å². The van der Waals surface area contributed by atoms with Gasteiger partial charge in [-0.15, -0.1) is 0 Å². The summed E-state index contributed by atoms with van der Waals surface area (Å²) in [5, 5.41) is 5.43. The van der Waals surface area contributed by atoms with Crippen LogP contribution in [0.1, 0.15) is 5.56 Å². The molecular formula is C16H11Cl2F3N6. The Kier molecular flexibility index (Phi) is 5.24. The van der Waals surface area contributed by atoms with Gasteiger partial charge in [0.05, 0.1) is 16.3 Å². The van der Waals surface area contributed by atoms with E-state index >= 15 is 0 Å². The van der Waals surface area contributed by atoms with Crippen molar-refractivity contribution in [2.24, 2.45) is 0 Å². The topological polar surface area (TPSA) is 88.8 Å². The van der Waals surface area contributed by atoms with Gasteiger partial charge in [0.1, 0.15) is 12.0 Å². The van der Waals surface area contributed by atoms with Gasteiger partial charge in [0.15, 0.2) is 16.8 Å². The first-order valence-corrected chi connectivity index (χ1v) is 8.13. The summed E-state index contributed by atoms with van der Waals surface area (Å²) in [6, 6.07) is 6.72. The molecule has 0 saturated carbocycles. The number of hydrogen-bond donors (Lipinski definition) is 3. The van der Waals surface area contributed by atoms with E-state index in [0.717, 1.165) is 12.1 Å². The minimum atomic E-state index is -4.59. The third kappa shape index (κ3) is 4.32. The SMILES string of the molecule is Nc1c(Nc2ccc(Cl)c(C(F)(F)F)c2)ncnc1Nc1cccnc1Cl. The average Bonchev–Trinajstić information content (AvgIpc) is 2.61. The fraction of sp³-hybridized carbons (Fsp3) is 0.0625. The maximum atomic E-state index is 13.0. The first kappa shape index (κ1) is 19.0. The van der Waals surface area contributed by atoms with Crippen molar-refractivity contribution in [3.05, 3.63) is 58.6 Å². The van der Waals surface area contributed by atoms with Crippen molar-refractivity contribution in [3.8, 4) is 0 Å². The Hall–Kier alpha value is -2.78. The lowest BCUT2D eigenvalue weighted by Crippen LogP contribution is -2.08. The van der Waals surface area contributed by atoms with Gasteiger partial charge in [-0.3, -0.25) is 0 Å². The molecule has 2 aromatic heterocycles. The number of alkyl halides is 3.